The second kappa shape index (κ2) is 7.75. The molecule has 0 amide bonds. The minimum atomic E-state index is 0.00802. The normalized spacial score (nSPS) is 31.4. The third kappa shape index (κ3) is 3.76. The molecule has 130 valence electrons. The second-order valence-electron chi connectivity index (χ2n) is 6.72. The first kappa shape index (κ1) is 16.9. The van der Waals surface area contributed by atoms with E-state index in [1.54, 1.807) is 0 Å². The summed E-state index contributed by atoms with van der Waals surface area (Å²) in [5, 5.41) is 8.97. The van der Waals surface area contributed by atoms with Crippen molar-refractivity contribution in [2.75, 3.05) is 33.4 Å². The Morgan fingerprint density at radius 2 is 2.26 bits per heavy atom. The molecule has 0 unspecified atom stereocenters. The molecule has 1 saturated heterocycles. The van der Waals surface area contributed by atoms with Gasteiger partial charge in [0.15, 0.2) is 0 Å². The van der Waals surface area contributed by atoms with Crippen molar-refractivity contribution in [1.82, 2.24) is 14.5 Å². The Kier molecular flexibility index (Phi) is 5.69. The fourth-order valence-electron chi connectivity index (χ4n) is 4.27. The van der Waals surface area contributed by atoms with E-state index in [-0.39, 0.29) is 18.3 Å². The number of imidazole rings is 1. The van der Waals surface area contributed by atoms with Crippen LogP contribution in [0.15, 0.2) is 18.7 Å². The molecule has 1 aromatic rings. The number of likely N-dealkylation sites (tertiary alicyclic amines) is 1. The molecular formula is C17H29N3O3. The highest BCUT2D eigenvalue weighted by molar-refractivity contribution is 5.05. The lowest BCUT2D eigenvalue weighted by Gasteiger charge is -2.43. The predicted octanol–water partition coefficient (Wildman–Crippen LogP) is 1.29. The first-order valence-electron chi connectivity index (χ1n) is 8.75. The number of hydrogen-bond donors (Lipinski definition) is 1. The average molecular weight is 323 g/mol. The van der Waals surface area contributed by atoms with Crippen molar-refractivity contribution >= 4 is 0 Å². The van der Waals surface area contributed by atoms with E-state index in [0.29, 0.717) is 12.6 Å². The van der Waals surface area contributed by atoms with E-state index in [2.05, 4.69) is 14.5 Å². The quantitative estimate of drug-likeness (QED) is 0.781. The zero-order valence-electron chi connectivity index (χ0n) is 14.1. The largest absolute Gasteiger partial charge is 0.394 e. The lowest BCUT2D eigenvalue weighted by atomic mass is 9.79. The Balaban J connectivity index is 1.55. The maximum Gasteiger partial charge on any atom is 0.0945 e. The molecule has 0 radical (unpaired) electrons. The van der Waals surface area contributed by atoms with Crippen molar-refractivity contribution in [1.29, 1.82) is 0 Å². The zero-order chi connectivity index (χ0) is 16.1. The third-order valence-electron chi connectivity index (χ3n) is 5.52. The maximum absolute atomic E-state index is 8.97. The van der Waals surface area contributed by atoms with Crippen LogP contribution in [0.4, 0.5) is 0 Å². The fourth-order valence-corrected chi connectivity index (χ4v) is 4.27. The Labute approximate surface area is 138 Å². The molecule has 23 heavy (non-hydrogen) atoms. The second-order valence-corrected chi connectivity index (χ2v) is 6.72. The minimum Gasteiger partial charge on any atom is -0.394 e. The van der Waals surface area contributed by atoms with Gasteiger partial charge in [-0.1, -0.05) is 0 Å². The number of aliphatic hydroxyl groups is 1. The molecule has 1 aliphatic heterocycles. The van der Waals surface area contributed by atoms with Gasteiger partial charge in [0.05, 0.1) is 31.2 Å². The highest BCUT2D eigenvalue weighted by atomic mass is 16.5. The monoisotopic (exact) mass is 323 g/mol. The molecule has 1 N–H and O–H groups in total. The minimum absolute atomic E-state index is 0.00802. The van der Waals surface area contributed by atoms with Gasteiger partial charge in [-0.2, -0.15) is 0 Å². The van der Waals surface area contributed by atoms with Crippen molar-refractivity contribution in [3.8, 4) is 0 Å². The molecule has 0 aromatic carbocycles. The van der Waals surface area contributed by atoms with Crippen molar-refractivity contribution in [2.24, 2.45) is 0 Å². The van der Waals surface area contributed by atoms with Crippen LogP contribution in [0.1, 0.15) is 32.1 Å². The van der Waals surface area contributed by atoms with Gasteiger partial charge in [0.1, 0.15) is 0 Å². The number of aromatic nitrogens is 2. The maximum atomic E-state index is 8.97. The van der Waals surface area contributed by atoms with Gasteiger partial charge in [-0.15, -0.1) is 0 Å². The molecule has 0 spiro atoms. The van der Waals surface area contributed by atoms with Crippen LogP contribution in [0.25, 0.3) is 0 Å². The van der Waals surface area contributed by atoms with Crippen molar-refractivity contribution < 1.29 is 14.6 Å². The summed E-state index contributed by atoms with van der Waals surface area (Å²) in [4.78, 5) is 6.67. The Bertz CT molecular complexity index is 468. The summed E-state index contributed by atoms with van der Waals surface area (Å²) >= 11 is 0. The van der Waals surface area contributed by atoms with Gasteiger partial charge in [0, 0.05) is 45.2 Å². The Morgan fingerprint density at radius 3 is 3.00 bits per heavy atom. The summed E-state index contributed by atoms with van der Waals surface area (Å²) in [6.07, 6.45) is 11.3. The van der Waals surface area contributed by atoms with Crippen LogP contribution >= 0.6 is 0 Å². The van der Waals surface area contributed by atoms with E-state index in [0.717, 1.165) is 51.7 Å². The van der Waals surface area contributed by atoms with E-state index in [1.165, 1.54) is 0 Å². The molecule has 1 saturated carbocycles. The van der Waals surface area contributed by atoms with Gasteiger partial charge >= 0.3 is 0 Å². The van der Waals surface area contributed by atoms with Gasteiger partial charge in [-0.3, -0.25) is 4.90 Å². The number of fused-ring (bicyclic) bond motifs is 1. The number of rotatable bonds is 8. The zero-order valence-corrected chi connectivity index (χ0v) is 14.1. The molecule has 0 bridgehead atoms. The first-order chi connectivity index (χ1) is 11.3. The first-order valence-corrected chi connectivity index (χ1v) is 8.75. The van der Waals surface area contributed by atoms with Crippen LogP contribution in [0.5, 0.6) is 0 Å². The summed E-state index contributed by atoms with van der Waals surface area (Å²) in [5.74, 6) is 0. The molecule has 2 aliphatic rings. The summed E-state index contributed by atoms with van der Waals surface area (Å²) in [5.41, 5.74) is 0.00802. The molecule has 2 fully saturated rings. The molecule has 1 aliphatic carbocycles. The number of methoxy groups -OCH3 is 1. The van der Waals surface area contributed by atoms with Gasteiger partial charge in [-0.25, -0.2) is 4.98 Å². The average Bonchev–Trinajstić information content (AvgIpc) is 3.21. The number of aliphatic hydroxyl groups excluding tert-OH is 1. The predicted molar refractivity (Wildman–Crippen MR) is 87.2 cm³/mol. The van der Waals surface area contributed by atoms with Crippen LogP contribution in [-0.2, 0) is 16.0 Å². The molecular weight excluding hydrogens is 294 g/mol. The van der Waals surface area contributed by atoms with Crippen molar-refractivity contribution in [3.05, 3.63) is 18.7 Å². The summed E-state index contributed by atoms with van der Waals surface area (Å²) in [6.45, 7) is 3.74. The topological polar surface area (TPSA) is 59.8 Å². The van der Waals surface area contributed by atoms with Crippen molar-refractivity contribution in [2.45, 2.75) is 56.4 Å². The summed E-state index contributed by atoms with van der Waals surface area (Å²) in [6, 6.07) is 0.438. The fraction of sp³-hybridized carbons (Fsp3) is 0.824. The lowest BCUT2D eigenvalue weighted by molar-refractivity contribution is -0.103. The van der Waals surface area contributed by atoms with Crippen LogP contribution in [0.3, 0.4) is 0 Å². The number of nitrogens with zero attached hydrogens (tertiary/aromatic N) is 3. The molecule has 6 heteroatoms. The highest BCUT2D eigenvalue weighted by Gasteiger charge is 2.50. The van der Waals surface area contributed by atoms with E-state index < -0.39 is 0 Å². The summed E-state index contributed by atoms with van der Waals surface area (Å²) in [7, 11) is 1.86. The smallest absolute Gasteiger partial charge is 0.0945 e. The molecule has 1 aromatic heterocycles. The Hall–Kier alpha value is -0.950. The van der Waals surface area contributed by atoms with E-state index in [9.17, 15) is 0 Å². The van der Waals surface area contributed by atoms with E-state index in [1.807, 2.05) is 25.8 Å². The molecule has 6 nitrogen and oxygen atoms in total. The lowest BCUT2D eigenvalue weighted by Crippen LogP contribution is -2.52. The summed E-state index contributed by atoms with van der Waals surface area (Å²) < 4.78 is 13.9. The van der Waals surface area contributed by atoms with Crippen LogP contribution in [0.2, 0.25) is 0 Å². The van der Waals surface area contributed by atoms with Crippen LogP contribution in [-0.4, -0.2) is 70.7 Å². The van der Waals surface area contributed by atoms with Gasteiger partial charge in [0.25, 0.3) is 0 Å². The number of hydrogen-bond acceptors (Lipinski definition) is 5. The van der Waals surface area contributed by atoms with Crippen LogP contribution in [0, 0.1) is 0 Å². The molecule has 3 rings (SSSR count). The van der Waals surface area contributed by atoms with Gasteiger partial charge in [-0.05, 0) is 32.1 Å². The molecule has 3 atom stereocenters. The van der Waals surface area contributed by atoms with E-state index in [4.69, 9.17) is 14.6 Å². The van der Waals surface area contributed by atoms with Crippen LogP contribution < -0.4 is 0 Å². The molecule has 2 heterocycles. The van der Waals surface area contributed by atoms with Gasteiger partial charge in [0.2, 0.25) is 0 Å². The standard InChI is InChI=1S/C17H29N3O3/c1-22-17-4-3-15(23-12-11-21)13-16(17)20(9-5-17)8-2-7-19-10-6-18-14-19/h6,10,14-16,21H,2-5,7-9,11-13H2,1H3/t15-,16+,17-/m1/s1. The van der Waals surface area contributed by atoms with Crippen molar-refractivity contribution in [3.63, 3.8) is 0 Å². The SMILES string of the molecule is CO[C@@]12CC[C@@H](OCCO)C[C@@H]1N(CCCn1ccnc1)CC2. The number of aryl methyl sites for hydroxylation is 1. The highest BCUT2D eigenvalue weighted by Crippen LogP contribution is 2.43. The Morgan fingerprint density at radius 1 is 1.35 bits per heavy atom. The van der Waals surface area contributed by atoms with E-state index >= 15 is 0 Å². The van der Waals surface area contributed by atoms with Gasteiger partial charge < -0.3 is 19.1 Å². The third-order valence-corrected chi connectivity index (χ3v) is 5.52. The number of ether oxygens (including phenoxy) is 2.